The zero-order chi connectivity index (χ0) is 20.3. The number of nitrogens with zero attached hydrogens (tertiary/aromatic N) is 4. The number of methoxy groups -OCH3 is 1. The average molecular weight is 384 g/mol. The van der Waals surface area contributed by atoms with E-state index < -0.39 is 5.63 Å². The zero-order valence-electron chi connectivity index (χ0n) is 16.7. The molecule has 0 N–H and O–H groups in total. The van der Waals surface area contributed by atoms with Crippen LogP contribution in [-0.4, -0.2) is 33.4 Å². The van der Waals surface area contributed by atoms with Gasteiger partial charge in [-0.05, 0) is 25.0 Å². The minimum atomic E-state index is -0.455. The molecule has 148 valence electrons. The Morgan fingerprint density at radius 1 is 1.18 bits per heavy atom. The second kappa shape index (κ2) is 8.24. The van der Waals surface area contributed by atoms with E-state index in [0.29, 0.717) is 29.4 Å². The van der Waals surface area contributed by atoms with E-state index in [4.69, 9.17) is 14.0 Å². The maximum atomic E-state index is 12.0. The standard InChI is InChI=1S/C20H24N4O4/c1-12(13(2)18-7-6-15(26-5)8-22-18)11-27-19-16(9-21-14(3)23-19)17-10-24(4)28-20(17)25/h6-10,12-13H,11H2,1-5H3/t12-,13+/m1/s1. The number of aromatic nitrogens is 4. The van der Waals surface area contributed by atoms with Gasteiger partial charge in [-0.15, -0.1) is 0 Å². The van der Waals surface area contributed by atoms with E-state index in [9.17, 15) is 4.79 Å². The van der Waals surface area contributed by atoms with Crippen molar-refractivity contribution in [1.29, 1.82) is 0 Å². The Morgan fingerprint density at radius 2 is 1.96 bits per heavy atom. The third kappa shape index (κ3) is 4.21. The molecule has 3 aromatic rings. The SMILES string of the molecule is COc1ccc([C@@H](C)[C@H](C)COc2nc(C)ncc2-c2cn(C)oc2=O)nc1. The molecule has 0 radical (unpaired) electrons. The molecule has 8 nitrogen and oxygen atoms in total. The largest absolute Gasteiger partial charge is 0.495 e. The highest BCUT2D eigenvalue weighted by atomic mass is 16.5. The minimum absolute atomic E-state index is 0.163. The highest BCUT2D eigenvalue weighted by Crippen LogP contribution is 2.28. The second-order valence-electron chi connectivity index (χ2n) is 6.80. The van der Waals surface area contributed by atoms with Crippen LogP contribution in [0.15, 0.2) is 40.0 Å². The normalized spacial score (nSPS) is 13.2. The smallest absolute Gasteiger partial charge is 0.365 e. The molecule has 8 heteroatoms. The van der Waals surface area contributed by atoms with Gasteiger partial charge >= 0.3 is 5.63 Å². The molecule has 3 aromatic heterocycles. The predicted molar refractivity (Wildman–Crippen MR) is 104 cm³/mol. The maximum Gasteiger partial charge on any atom is 0.365 e. The Morgan fingerprint density at radius 3 is 2.57 bits per heavy atom. The molecule has 0 aliphatic carbocycles. The van der Waals surface area contributed by atoms with Crippen molar-refractivity contribution >= 4 is 0 Å². The van der Waals surface area contributed by atoms with Gasteiger partial charge in [0.05, 0.1) is 37.2 Å². The van der Waals surface area contributed by atoms with Crippen LogP contribution in [0.4, 0.5) is 0 Å². The number of pyridine rings is 1. The van der Waals surface area contributed by atoms with Gasteiger partial charge in [-0.25, -0.2) is 14.5 Å². The van der Waals surface area contributed by atoms with Crippen LogP contribution in [0.1, 0.15) is 31.3 Å². The fourth-order valence-corrected chi connectivity index (χ4v) is 2.79. The van der Waals surface area contributed by atoms with Gasteiger partial charge in [-0.3, -0.25) is 4.98 Å². The lowest BCUT2D eigenvalue weighted by molar-refractivity contribution is 0.233. The monoisotopic (exact) mass is 384 g/mol. The molecule has 0 aliphatic rings. The van der Waals surface area contributed by atoms with Crippen LogP contribution in [0.25, 0.3) is 11.1 Å². The zero-order valence-corrected chi connectivity index (χ0v) is 16.7. The number of aryl methyl sites for hydroxylation is 2. The fraction of sp³-hybridized carbons (Fsp3) is 0.400. The van der Waals surface area contributed by atoms with E-state index in [1.54, 1.807) is 39.7 Å². The molecule has 3 rings (SSSR count). The van der Waals surface area contributed by atoms with Gasteiger partial charge in [0.2, 0.25) is 5.88 Å². The lowest BCUT2D eigenvalue weighted by atomic mass is 9.93. The quantitative estimate of drug-likeness (QED) is 0.618. The van der Waals surface area contributed by atoms with Crippen molar-refractivity contribution in [3.63, 3.8) is 0 Å². The molecular weight excluding hydrogens is 360 g/mol. The molecule has 3 heterocycles. The first-order valence-corrected chi connectivity index (χ1v) is 9.02. The van der Waals surface area contributed by atoms with E-state index in [0.717, 1.165) is 11.4 Å². The summed E-state index contributed by atoms with van der Waals surface area (Å²) < 4.78 is 17.5. The predicted octanol–water partition coefficient (Wildman–Crippen LogP) is 2.97. The summed E-state index contributed by atoms with van der Waals surface area (Å²) in [7, 11) is 3.26. The maximum absolute atomic E-state index is 12.0. The van der Waals surface area contributed by atoms with Crippen LogP contribution in [0.2, 0.25) is 0 Å². The lowest BCUT2D eigenvalue weighted by Gasteiger charge is -2.20. The van der Waals surface area contributed by atoms with Crippen molar-refractivity contribution in [1.82, 2.24) is 19.7 Å². The summed E-state index contributed by atoms with van der Waals surface area (Å²) in [4.78, 5) is 25.1. The van der Waals surface area contributed by atoms with Gasteiger partial charge < -0.3 is 14.0 Å². The van der Waals surface area contributed by atoms with Gasteiger partial charge in [-0.1, -0.05) is 13.8 Å². The summed E-state index contributed by atoms with van der Waals surface area (Å²) in [5, 5.41) is 0. The Hall–Kier alpha value is -3.16. The van der Waals surface area contributed by atoms with E-state index in [-0.39, 0.29) is 11.8 Å². The first-order chi connectivity index (χ1) is 13.4. The Labute approximate surface area is 163 Å². The van der Waals surface area contributed by atoms with Crippen molar-refractivity contribution < 1.29 is 14.0 Å². The highest BCUT2D eigenvalue weighted by molar-refractivity contribution is 5.65. The van der Waals surface area contributed by atoms with Gasteiger partial charge in [0, 0.05) is 24.9 Å². The molecule has 2 atom stereocenters. The summed E-state index contributed by atoms with van der Waals surface area (Å²) >= 11 is 0. The average Bonchev–Trinajstić information content (AvgIpc) is 3.03. The van der Waals surface area contributed by atoms with Crippen LogP contribution in [-0.2, 0) is 7.05 Å². The van der Waals surface area contributed by atoms with Crippen LogP contribution in [0.5, 0.6) is 11.6 Å². The highest BCUT2D eigenvalue weighted by Gasteiger charge is 2.20. The number of hydrogen-bond acceptors (Lipinski definition) is 7. The molecule has 0 spiro atoms. The second-order valence-corrected chi connectivity index (χ2v) is 6.80. The van der Waals surface area contributed by atoms with Gasteiger partial charge in [0.25, 0.3) is 0 Å². The molecule has 0 saturated heterocycles. The summed E-state index contributed by atoms with van der Waals surface area (Å²) in [5.41, 5.74) is 1.39. The summed E-state index contributed by atoms with van der Waals surface area (Å²) in [6, 6.07) is 3.85. The van der Waals surface area contributed by atoms with Crippen molar-refractivity contribution in [2.75, 3.05) is 13.7 Å². The molecule has 0 bridgehead atoms. The van der Waals surface area contributed by atoms with E-state index in [1.165, 1.54) is 4.74 Å². The van der Waals surface area contributed by atoms with Crippen molar-refractivity contribution in [2.45, 2.75) is 26.7 Å². The number of rotatable bonds is 7. The number of ether oxygens (including phenoxy) is 2. The van der Waals surface area contributed by atoms with Gasteiger partial charge in [0.1, 0.15) is 11.6 Å². The van der Waals surface area contributed by atoms with Crippen molar-refractivity contribution in [3.05, 3.63) is 52.7 Å². The summed E-state index contributed by atoms with van der Waals surface area (Å²) in [5.74, 6) is 1.99. The molecule has 0 aliphatic heterocycles. The molecule has 0 fully saturated rings. The summed E-state index contributed by atoms with van der Waals surface area (Å²) in [6.07, 6.45) is 4.89. The molecule has 0 aromatic carbocycles. The van der Waals surface area contributed by atoms with Crippen molar-refractivity contribution in [3.8, 4) is 22.8 Å². The van der Waals surface area contributed by atoms with Gasteiger partial charge in [0.15, 0.2) is 0 Å². The van der Waals surface area contributed by atoms with Crippen LogP contribution in [0.3, 0.4) is 0 Å². The first-order valence-electron chi connectivity index (χ1n) is 9.02. The molecule has 28 heavy (non-hydrogen) atoms. The van der Waals surface area contributed by atoms with E-state index >= 15 is 0 Å². The first kappa shape index (κ1) is 19.6. The van der Waals surface area contributed by atoms with Crippen LogP contribution in [0, 0.1) is 12.8 Å². The number of hydrogen-bond donors (Lipinski definition) is 0. The lowest BCUT2D eigenvalue weighted by Crippen LogP contribution is -2.17. The Bertz CT molecular complexity index is 994. The molecule has 0 saturated carbocycles. The Kier molecular flexibility index (Phi) is 5.77. The topological polar surface area (TPSA) is 92.3 Å². The van der Waals surface area contributed by atoms with E-state index in [1.807, 2.05) is 12.1 Å². The van der Waals surface area contributed by atoms with Crippen molar-refractivity contribution in [2.24, 2.45) is 13.0 Å². The summed E-state index contributed by atoms with van der Waals surface area (Å²) in [6.45, 7) is 6.37. The molecule has 0 unspecified atom stereocenters. The third-order valence-corrected chi connectivity index (χ3v) is 4.72. The van der Waals surface area contributed by atoms with E-state index in [2.05, 4.69) is 28.8 Å². The van der Waals surface area contributed by atoms with Crippen LogP contribution >= 0.6 is 0 Å². The molecular formula is C20H24N4O4. The minimum Gasteiger partial charge on any atom is -0.495 e. The third-order valence-electron chi connectivity index (χ3n) is 4.72. The molecule has 0 amide bonds. The van der Waals surface area contributed by atoms with Crippen LogP contribution < -0.4 is 15.1 Å². The van der Waals surface area contributed by atoms with Gasteiger partial charge in [-0.2, -0.15) is 4.98 Å². The fourth-order valence-electron chi connectivity index (χ4n) is 2.79. The Balaban J connectivity index is 1.77.